The number of pyridine rings is 1. The number of amides is 2. The summed E-state index contributed by atoms with van der Waals surface area (Å²) in [5.41, 5.74) is 2.56. The molecule has 0 atom stereocenters. The number of nitrogens with zero attached hydrogens (tertiary/aromatic N) is 3. The Kier molecular flexibility index (Phi) is 8.95. The summed E-state index contributed by atoms with van der Waals surface area (Å²) in [6.07, 6.45) is 5.40. The van der Waals surface area contributed by atoms with Crippen molar-refractivity contribution >= 4 is 58.8 Å². The average Bonchev–Trinajstić information content (AvgIpc) is 3.12. The molecular formula is C22H23Cl3N4O3. The molecule has 7 nitrogen and oxygen atoms in total. The molecule has 0 aliphatic carbocycles. The second-order valence-corrected chi connectivity index (χ2v) is 7.64. The smallest absolute Gasteiger partial charge is 0.246 e. The lowest BCUT2D eigenvalue weighted by atomic mass is 10.2. The summed E-state index contributed by atoms with van der Waals surface area (Å²) in [6, 6.07) is 6.98. The Balaban J connectivity index is 0.00000363. The number of ether oxygens (including phenoxy) is 1. The molecule has 0 aliphatic heterocycles. The number of hydrogen-bond acceptors (Lipinski definition) is 4. The molecule has 170 valence electrons. The second-order valence-electron chi connectivity index (χ2n) is 6.86. The molecule has 0 saturated carbocycles. The summed E-state index contributed by atoms with van der Waals surface area (Å²) < 4.78 is 7.83. The van der Waals surface area contributed by atoms with Gasteiger partial charge in [-0.1, -0.05) is 29.3 Å². The number of carbonyl (C=O) groups excluding carboxylic acids is 2. The molecule has 2 aromatic heterocycles. The molecule has 3 aromatic rings. The van der Waals surface area contributed by atoms with Crippen LogP contribution in [0.15, 0.2) is 49.3 Å². The Labute approximate surface area is 202 Å². The van der Waals surface area contributed by atoms with Gasteiger partial charge in [-0.05, 0) is 31.2 Å². The number of hydrogen-bond donors (Lipinski definition) is 1. The first-order chi connectivity index (χ1) is 14.8. The van der Waals surface area contributed by atoms with Gasteiger partial charge in [0.05, 0.1) is 22.9 Å². The highest BCUT2D eigenvalue weighted by Gasteiger charge is 2.19. The number of benzene rings is 1. The van der Waals surface area contributed by atoms with Gasteiger partial charge in [-0.3, -0.25) is 9.59 Å². The van der Waals surface area contributed by atoms with Gasteiger partial charge in [0, 0.05) is 36.4 Å². The average molecular weight is 498 g/mol. The molecule has 0 spiro atoms. The SMILES string of the molecule is C=CCC(=O)NCC(=O)N(C)c1ccc(Cl)c(COc2cccn3cc(C)nc23)c1Cl.Cl. The van der Waals surface area contributed by atoms with Crippen molar-refractivity contribution in [1.29, 1.82) is 0 Å². The van der Waals surface area contributed by atoms with Crippen molar-refractivity contribution < 1.29 is 14.3 Å². The first kappa shape index (κ1) is 25.5. The zero-order chi connectivity index (χ0) is 22.5. The predicted molar refractivity (Wildman–Crippen MR) is 129 cm³/mol. The zero-order valence-corrected chi connectivity index (χ0v) is 19.9. The third-order valence-corrected chi connectivity index (χ3v) is 5.38. The second kappa shape index (κ2) is 11.2. The van der Waals surface area contributed by atoms with Gasteiger partial charge in [-0.15, -0.1) is 19.0 Å². The van der Waals surface area contributed by atoms with E-state index in [1.807, 2.05) is 35.9 Å². The number of aromatic nitrogens is 2. The molecular weight excluding hydrogens is 475 g/mol. The lowest BCUT2D eigenvalue weighted by molar-refractivity contribution is -0.124. The van der Waals surface area contributed by atoms with E-state index in [1.54, 1.807) is 19.2 Å². The van der Waals surface area contributed by atoms with Crippen LogP contribution in [0.1, 0.15) is 17.7 Å². The lowest BCUT2D eigenvalue weighted by Gasteiger charge is -2.21. The summed E-state index contributed by atoms with van der Waals surface area (Å²) in [4.78, 5) is 29.9. The summed E-state index contributed by atoms with van der Waals surface area (Å²) in [6.45, 7) is 5.33. The van der Waals surface area contributed by atoms with Gasteiger partial charge in [0.15, 0.2) is 11.4 Å². The minimum Gasteiger partial charge on any atom is -0.485 e. The van der Waals surface area contributed by atoms with Gasteiger partial charge in [0.1, 0.15) is 6.61 Å². The predicted octanol–water partition coefficient (Wildman–Crippen LogP) is 4.61. The van der Waals surface area contributed by atoms with Crippen LogP contribution < -0.4 is 15.0 Å². The fourth-order valence-corrected chi connectivity index (χ4v) is 3.59. The number of nitrogens with one attached hydrogen (secondary N) is 1. The summed E-state index contributed by atoms with van der Waals surface area (Å²) in [5.74, 6) is -0.0231. The van der Waals surface area contributed by atoms with Crippen LogP contribution in [0.4, 0.5) is 5.69 Å². The Bertz CT molecular complexity index is 1150. The molecule has 0 saturated heterocycles. The van der Waals surface area contributed by atoms with E-state index in [-0.39, 0.29) is 43.8 Å². The van der Waals surface area contributed by atoms with E-state index in [0.29, 0.717) is 32.7 Å². The highest BCUT2D eigenvalue weighted by molar-refractivity contribution is 6.38. The van der Waals surface area contributed by atoms with Crippen molar-refractivity contribution in [3.05, 3.63) is 70.6 Å². The number of carbonyl (C=O) groups is 2. The molecule has 0 bridgehead atoms. The highest BCUT2D eigenvalue weighted by Crippen LogP contribution is 2.35. The van der Waals surface area contributed by atoms with Crippen LogP contribution in [0.25, 0.3) is 5.65 Å². The largest absolute Gasteiger partial charge is 0.485 e. The summed E-state index contributed by atoms with van der Waals surface area (Å²) >= 11 is 12.9. The van der Waals surface area contributed by atoms with E-state index >= 15 is 0 Å². The third kappa shape index (κ3) is 5.73. The lowest BCUT2D eigenvalue weighted by Crippen LogP contribution is -2.38. The van der Waals surface area contributed by atoms with Crippen molar-refractivity contribution in [2.24, 2.45) is 0 Å². The van der Waals surface area contributed by atoms with E-state index in [2.05, 4.69) is 16.9 Å². The Hall–Kier alpha value is -2.74. The van der Waals surface area contributed by atoms with Crippen molar-refractivity contribution in [3.63, 3.8) is 0 Å². The summed E-state index contributed by atoms with van der Waals surface area (Å²) in [7, 11) is 1.58. The van der Waals surface area contributed by atoms with Crippen LogP contribution in [-0.2, 0) is 16.2 Å². The van der Waals surface area contributed by atoms with E-state index in [0.717, 1.165) is 5.69 Å². The molecule has 0 aliphatic rings. The zero-order valence-electron chi connectivity index (χ0n) is 17.6. The molecule has 1 N–H and O–H groups in total. The highest BCUT2D eigenvalue weighted by atomic mass is 35.5. The van der Waals surface area contributed by atoms with Crippen molar-refractivity contribution in [1.82, 2.24) is 14.7 Å². The fourth-order valence-electron chi connectivity index (χ4n) is 2.98. The Morgan fingerprint density at radius 3 is 2.78 bits per heavy atom. The summed E-state index contributed by atoms with van der Waals surface area (Å²) in [5, 5.41) is 3.26. The van der Waals surface area contributed by atoms with Gasteiger partial charge in [0.25, 0.3) is 0 Å². The topological polar surface area (TPSA) is 75.9 Å². The number of halogens is 3. The van der Waals surface area contributed by atoms with Crippen molar-refractivity contribution in [2.45, 2.75) is 20.0 Å². The molecule has 1 aromatic carbocycles. The van der Waals surface area contributed by atoms with Gasteiger partial charge in [-0.2, -0.15) is 0 Å². The van der Waals surface area contributed by atoms with Crippen molar-refractivity contribution in [3.8, 4) is 5.75 Å². The van der Waals surface area contributed by atoms with Gasteiger partial charge in [-0.25, -0.2) is 4.98 Å². The maximum absolute atomic E-state index is 12.5. The number of imidazole rings is 1. The van der Waals surface area contributed by atoms with Crippen molar-refractivity contribution in [2.75, 3.05) is 18.5 Å². The molecule has 0 unspecified atom stereocenters. The number of likely N-dealkylation sites (N-methyl/N-ethyl adjacent to an activating group) is 1. The Morgan fingerprint density at radius 1 is 1.31 bits per heavy atom. The first-order valence-corrected chi connectivity index (χ1v) is 10.3. The van der Waals surface area contributed by atoms with Crippen LogP contribution in [-0.4, -0.2) is 34.8 Å². The number of rotatable bonds is 8. The van der Waals surface area contributed by atoms with Gasteiger partial charge < -0.3 is 19.4 Å². The standard InChI is InChI=1S/C22H22Cl2N4O3.ClH/c1-4-6-19(29)25-11-20(30)27(3)17-9-8-16(23)15(21(17)24)13-31-18-7-5-10-28-12-14(2)26-22(18)28;/h4-5,7-10,12H,1,6,11,13H2,2-3H3,(H,25,29);1H. The first-order valence-electron chi connectivity index (χ1n) is 9.50. The molecule has 2 heterocycles. The molecule has 3 rings (SSSR count). The third-order valence-electron chi connectivity index (χ3n) is 4.61. The molecule has 0 fully saturated rings. The maximum Gasteiger partial charge on any atom is 0.246 e. The molecule has 10 heteroatoms. The van der Waals surface area contributed by atoms with E-state index in [9.17, 15) is 9.59 Å². The minimum atomic E-state index is -0.328. The van der Waals surface area contributed by atoms with Crippen LogP contribution in [0.2, 0.25) is 10.0 Å². The molecule has 2 amide bonds. The van der Waals surface area contributed by atoms with E-state index < -0.39 is 0 Å². The van der Waals surface area contributed by atoms with Crippen LogP contribution in [0, 0.1) is 6.92 Å². The fraction of sp³-hybridized carbons (Fsp3) is 0.227. The van der Waals surface area contributed by atoms with E-state index in [4.69, 9.17) is 27.9 Å². The number of anilines is 1. The van der Waals surface area contributed by atoms with Crippen LogP contribution >= 0.6 is 35.6 Å². The normalized spacial score (nSPS) is 10.4. The van der Waals surface area contributed by atoms with Crippen LogP contribution in [0.5, 0.6) is 5.75 Å². The number of aryl methyl sites for hydroxylation is 1. The van der Waals surface area contributed by atoms with Gasteiger partial charge >= 0.3 is 0 Å². The maximum atomic E-state index is 12.5. The minimum absolute atomic E-state index is 0. The van der Waals surface area contributed by atoms with E-state index in [1.165, 1.54) is 11.0 Å². The monoisotopic (exact) mass is 496 g/mol. The Morgan fingerprint density at radius 2 is 2.06 bits per heavy atom. The molecule has 32 heavy (non-hydrogen) atoms. The quantitative estimate of drug-likeness (QED) is 0.461. The number of fused-ring (bicyclic) bond motifs is 1. The van der Waals surface area contributed by atoms with Gasteiger partial charge in [0.2, 0.25) is 11.8 Å². The van der Waals surface area contributed by atoms with Crippen LogP contribution in [0.3, 0.4) is 0 Å². The molecule has 0 radical (unpaired) electrons.